The zero-order valence-electron chi connectivity index (χ0n) is 14.8. The first kappa shape index (κ1) is 17.0. The molecule has 2 aliphatic rings. The van der Waals surface area contributed by atoms with Crippen LogP contribution in [0.25, 0.3) is 0 Å². The molecule has 25 heavy (non-hydrogen) atoms. The molecular formula is C18H27N5OS. The van der Waals surface area contributed by atoms with E-state index in [2.05, 4.69) is 43.3 Å². The summed E-state index contributed by atoms with van der Waals surface area (Å²) >= 11 is 1.73. The summed E-state index contributed by atoms with van der Waals surface area (Å²) in [5.41, 5.74) is 0. The fourth-order valence-electron chi connectivity index (χ4n) is 3.96. The smallest absolute Gasteiger partial charge is 0.185 e. The second kappa shape index (κ2) is 7.85. The summed E-state index contributed by atoms with van der Waals surface area (Å²) in [6.07, 6.45) is 10.5. The molecule has 4 heterocycles. The molecule has 0 bridgehead atoms. The highest BCUT2D eigenvalue weighted by molar-refractivity contribution is 7.13. The highest BCUT2D eigenvalue weighted by atomic mass is 32.1. The number of aryl methyl sites for hydroxylation is 1. The average molecular weight is 362 g/mol. The van der Waals surface area contributed by atoms with Crippen LogP contribution in [0.4, 0.5) is 5.13 Å². The maximum Gasteiger partial charge on any atom is 0.185 e. The van der Waals surface area contributed by atoms with E-state index in [0.29, 0.717) is 12.1 Å². The van der Waals surface area contributed by atoms with Crippen molar-refractivity contribution in [1.29, 1.82) is 0 Å². The van der Waals surface area contributed by atoms with E-state index in [1.807, 2.05) is 12.4 Å². The molecule has 0 spiro atoms. The lowest BCUT2D eigenvalue weighted by Gasteiger charge is -2.38. The van der Waals surface area contributed by atoms with Crippen molar-refractivity contribution in [2.45, 2.75) is 57.3 Å². The van der Waals surface area contributed by atoms with Crippen LogP contribution >= 0.6 is 11.3 Å². The average Bonchev–Trinajstić information content (AvgIpc) is 3.34. The Morgan fingerprint density at radius 2 is 2.12 bits per heavy atom. The van der Waals surface area contributed by atoms with Gasteiger partial charge in [0.1, 0.15) is 11.9 Å². The van der Waals surface area contributed by atoms with Crippen LogP contribution in [0.5, 0.6) is 0 Å². The highest BCUT2D eigenvalue weighted by Crippen LogP contribution is 2.29. The van der Waals surface area contributed by atoms with Gasteiger partial charge in [-0.2, -0.15) is 0 Å². The van der Waals surface area contributed by atoms with Crippen molar-refractivity contribution in [1.82, 2.24) is 19.9 Å². The number of ether oxygens (including phenoxy) is 1. The largest absolute Gasteiger partial charge is 0.369 e. The van der Waals surface area contributed by atoms with Crippen LogP contribution in [0, 0.1) is 0 Å². The molecule has 0 aromatic carbocycles. The standard InChI is InChI=1S/C18H27N5OS/c1-2-22-11-7-19-17(22)16-15(4-3-12-24-16)21-14-5-9-23(10-6-14)18-20-8-13-25-18/h7-8,11,13-16,21H,2-6,9-10,12H2,1H3/t15-,16-/m0/s1. The maximum atomic E-state index is 6.13. The molecule has 2 saturated heterocycles. The van der Waals surface area contributed by atoms with Crippen molar-refractivity contribution in [3.05, 3.63) is 29.8 Å². The third kappa shape index (κ3) is 3.73. The van der Waals surface area contributed by atoms with Crippen molar-refractivity contribution >= 4 is 16.5 Å². The highest BCUT2D eigenvalue weighted by Gasteiger charge is 2.33. The van der Waals surface area contributed by atoms with Gasteiger partial charge >= 0.3 is 0 Å². The fourth-order valence-corrected chi connectivity index (χ4v) is 4.66. The molecule has 2 aliphatic heterocycles. The summed E-state index contributed by atoms with van der Waals surface area (Å²) in [5, 5.41) is 7.10. The Hall–Kier alpha value is -1.44. The molecule has 0 radical (unpaired) electrons. The topological polar surface area (TPSA) is 55.2 Å². The minimum absolute atomic E-state index is 0.0701. The van der Waals surface area contributed by atoms with Gasteiger partial charge in [-0.1, -0.05) is 0 Å². The first-order valence-electron chi connectivity index (χ1n) is 9.38. The number of imidazole rings is 1. The predicted molar refractivity (Wildman–Crippen MR) is 100 cm³/mol. The Morgan fingerprint density at radius 1 is 1.24 bits per heavy atom. The molecule has 0 aliphatic carbocycles. The van der Waals surface area contributed by atoms with Crippen molar-refractivity contribution < 1.29 is 4.74 Å². The van der Waals surface area contributed by atoms with Crippen LogP contribution in [0.3, 0.4) is 0 Å². The van der Waals surface area contributed by atoms with Crippen LogP contribution in [0.15, 0.2) is 24.0 Å². The van der Waals surface area contributed by atoms with E-state index in [9.17, 15) is 0 Å². The molecule has 6 nitrogen and oxygen atoms in total. The number of aromatic nitrogens is 3. The van der Waals surface area contributed by atoms with Crippen molar-refractivity contribution in [3.8, 4) is 0 Å². The van der Waals surface area contributed by atoms with Crippen molar-refractivity contribution in [2.24, 2.45) is 0 Å². The Morgan fingerprint density at radius 3 is 2.88 bits per heavy atom. The van der Waals surface area contributed by atoms with Gasteiger partial charge in [-0.3, -0.25) is 0 Å². The van der Waals surface area contributed by atoms with Gasteiger partial charge < -0.3 is 19.5 Å². The minimum Gasteiger partial charge on any atom is -0.369 e. The number of thiazole rings is 1. The molecule has 0 amide bonds. The van der Waals surface area contributed by atoms with E-state index < -0.39 is 0 Å². The van der Waals surface area contributed by atoms with Crippen LogP contribution in [-0.4, -0.2) is 46.3 Å². The quantitative estimate of drug-likeness (QED) is 0.887. The zero-order chi connectivity index (χ0) is 17.1. The van der Waals surface area contributed by atoms with E-state index in [-0.39, 0.29) is 6.10 Å². The van der Waals surface area contributed by atoms with Crippen molar-refractivity contribution in [3.63, 3.8) is 0 Å². The van der Waals surface area contributed by atoms with Gasteiger partial charge in [-0.15, -0.1) is 11.3 Å². The van der Waals surface area contributed by atoms with E-state index in [1.54, 1.807) is 11.3 Å². The summed E-state index contributed by atoms with van der Waals surface area (Å²) < 4.78 is 8.34. The Kier molecular flexibility index (Phi) is 5.33. The zero-order valence-corrected chi connectivity index (χ0v) is 15.6. The second-order valence-electron chi connectivity index (χ2n) is 6.85. The molecule has 2 aromatic rings. The lowest BCUT2D eigenvalue weighted by Crippen LogP contribution is -2.50. The monoisotopic (exact) mass is 361 g/mol. The minimum atomic E-state index is 0.0701. The molecule has 4 rings (SSSR count). The first-order valence-corrected chi connectivity index (χ1v) is 10.3. The summed E-state index contributed by atoms with van der Waals surface area (Å²) in [6, 6.07) is 0.910. The number of hydrogen-bond donors (Lipinski definition) is 1. The van der Waals surface area contributed by atoms with Gasteiger partial charge in [-0.25, -0.2) is 9.97 Å². The van der Waals surface area contributed by atoms with E-state index in [4.69, 9.17) is 4.74 Å². The number of piperidine rings is 1. The number of nitrogens with zero attached hydrogens (tertiary/aromatic N) is 4. The number of rotatable bonds is 5. The predicted octanol–water partition coefficient (Wildman–Crippen LogP) is 2.84. The number of nitrogens with one attached hydrogen (secondary N) is 1. The molecule has 2 aromatic heterocycles. The van der Waals surface area contributed by atoms with E-state index in [0.717, 1.165) is 62.9 Å². The second-order valence-corrected chi connectivity index (χ2v) is 7.73. The van der Waals surface area contributed by atoms with Gasteiger partial charge in [-0.05, 0) is 32.6 Å². The summed E-state index contributed by atoms with van der Waals surface area (Å²) in [7, 11) is 0. The Bertz CT molecular complexity index is 650. The molecule has 7 heteroatoms. The van der Waals surface area contributed by atoms with Gasteiger partial charge in [0.2, 0.25) is 0 Å². The molecule has 1 N–H and O–H groups in total. The molecule has 2 atom stereocenters. The van der Waals surface area contributed by atoms with Gasteiger partial charge in [0.25, 0.3) is 0 Å². The first-order chi connectivity index (χ1) is 12.3. The molecule has 0 saturated carbocycles. The van der Waals surface area contributed by atoms with E-state index >= 15 is 0 Å². The van der Waals surface area contributed by atoms with Gasteiger partial charge in [0, 0.05) is 62.3 Å². The molecule has 136 valence electrons. The van der Waals surface area contributed by atoms with Gasteiger partial charge in [0.05, 0.1) is 0 Å². The normalized spacial score (nSPS) is 25.4. The van der Waals surface area contributed by atoms with Crippen LogP contribution in [0.2, 0.25) is 0 Å². The summed E-state index contributed by atoms with van der Waals surface area (Å²) in [6.45, 7) is 6.08. The third-order valence-electron chi connectivity index (χ3n) is 5.30. The molecule has 0 unspecified atom stereocenters. The lowest BCUT2D eigenvalue weighted by molar-refractivity contribution is -0.0215. The maximum absolute atomic E-state index is 6.13. The molecular weight excluding hydrogens is 334 g/mol. The van der Waals surface area contributed by atoms with Crippen LogP contribution < -0.4 is 10.2 Å². The van der Waals surface area contributed by atoms with Crippen LogP contribution in [-0.2, 0) is 11.3 Å². The fraction of sp³-hybridized carbons (Fsp3) is 0.667. The van der Waals surface area contributed by atoms with Crippen LogP contribution in [0.1, 0.15) is 44.5 Å². The third-order valence-corrected chi connectivity index (χ3v) is 6.13. The SMILES string of the molecule is CCn1ccnc1[C@H]1OCCC[C@@H]1NC1CCN(c2nccs2)CC1. The number of anilines is 1. The van der Waals surface area contributed by atoms with Crippen molar-refractivity contribution in [2.75, 3.05) is 24.6 Å². The van der Waals surface area contributed by atoms with E-state index in [1.165, 1.54) is 0 Å². The van der Waals surface area contributed by atoms with Gasteiger partial charge in [0.15, 0.2) is 5.13 Å². The molecule has 2 fully saturated rings. The number of hydrogen-bond acceptors (Lipinski definition) is 6. The Labute approximate surface area is 153 Å². The summed E-state index contributed by atoms with van der Waals surface area (Å²) in [5.74, 6) is 1.07. The lowest BCUT2D eigenvalue weighted by atomic mass is 9.97. The summed E-state index contributed by atoms with van der Waals surface area (Å²) in [4.78, 5) is 11.4. The Balaban J connectivity index is 1.38.